The van der Waals surface area contributed by atoms with Gasteiger partial charge in [-0.15, -0.1) is 11.6 Å². The second-order valence-corrected chi connectivity index (χ2v) is 4.73. The fourth-order valence-corrected chi connectivity index (χ4v) is 1.86. The van der Waals surface area contributed by atoms with Gasteiger partial charge in [0.2, 0.25) is 0 Å². The van der Waals surface area contributed by atoms with Gasteiger partial charge in [0, 0.05) is 19.5 Å². The third-order valence-electron chi connectivity index (χ3n) is 2.79. The molecule has 1 rings (SSSR count). The number of likely N-dealkylation sites (tertiary alicyclic amines) is 1. The molecule has 0 aromatic heterocycles. The van der Waals surface area contributed by atoms with E-state index in [0.717, 1.165) is 5.57 Å². The van der Waals surface area contributed by atoms with Gasteiger partial charge in [-0.3, -0.25) is 9.69 Å². The van der Waals surface area contributed by atoms with E-state index in [1.165, 1.54) is 7.11 Å². The van der Waals surface area contributed by atoms with Crippen molar-refractivity contribution in [1.82, 2.24) is 4.90 Å². The summed E-state index contributed by atoms with van der Waals surface area (Å²) in [6.45, 7) is 6.29. The molecule has 0 radical (unpaired) electrons. The van der Waals surface area contributed by atoms with Crippen LogP contribution in [0.2, 0.25) is 0 Å². The maximum atomic E-state index is 13.3. The van der Waals surface area contributed by atoms with Gasteiger partial charge in [-0.25, -0.2) is 4.39 Å². The number of nitrogens with zero attached hydrogens (tertiary/aromatic N) is 1. The van der Waals surface area contributed by atoms with Gasteiger partial charge in [-0.05, 0) is 12.5 Å². The summed E-state index contributed by atoms with van der Waals surface area (Å²) in [7, 11) is 1.31. The van der Waals surface area contributed by atoms with E-state index < -0.39 is 18.2 Å². The van der Waals surface area contributed by atoms with E-state index in [1.54, 1.807) is 11.8 Å². The van der Waals surface area contributed by atoms with Gasteiger partial charge < -0.3 is 4.74 Å². The molecule has 0 aromatic carbocycles. The molecule has 92 valence electrons. The van der Waals surface area contributed by atoms with E-state index in [2.05, 4.69) is 11.3 Å². The molecule has 1 fully saturated rings. The first-order valence-corrected chi connectivity index (χ1v) is 5.67. The molecule has 0 spiro atoms. The van der Waals surface area contributed by atoms with Crippen molar-refractivity contribution in [3.05, 3.63) is 12.2 Å². The van der Waals surface area contributed by atoms with Crippen LogP contribution in [-0.2, 0) is 9.53 Å². The van der Waals surface area contributed by atoms with Crippen LogP contribution in [-0.4, -0.2) is 48.7 Å². The zero-order valence-corrected chi connectivity index (χ0v) is 10.3. The average Bonchev–Trinajstić information content (AvgIpc) is 2.58. The Bertz CT molecular complexity index is 283. The summed E-state index contributed by atoms with van der Waals surface area (Å²) in [5, 5.41) is -0.183. The van der Waals surface area contributed by atoms with Crippen molar-refractivity contribution in [2.24, 2.45) is 0 Å². The Kier molecular flexibility index (Phi) is 4.74. The van der Waals surface area contributed by atoms with Crippen LogP contribution >= 0.6 is 11.6 Å². The van der Waals surface area contributed by atoms with Gasteiger partial charge in [0.25, 0.3) is 0 Å². The largest absolute Gasteiger partial charge is 0.468 e. The highest BCUT2D eigenvalue weighted by molar-refractivity contribution is 6.22. The summed E-state index contributed by atoms with van der Waals surface area (Å²) < 4.78 is 17.9. The molecule has 0 N–H and O–H groups in total. The average molecular weight is 250 g/mol. The highest BCUT2D eigenvalue weighted by atomic mass is 35.5. The number of rotatable bonds is 4. The normalized spacial score (nSPS) is 27.8. The van der Waals surface area contributed by atoms with Gasteiger partial charge in [0.15, 0.2) is 0 Å². The predicted molar refractivity (Wildman–Crippen MR) is 61.3 cm³/mol. The molecule has 3 atom stereocenters. The minimum atomic E-state index is -0.984. The fraction of sp³-hybridized carbons (Fsp3) is 0.727. The van der Waals surface area contributed by atoms with Gasteiger partial charge in [0.05, 0.1) is 12.5 Å². The van der Waals surface area contributed by atoms with Gasteiger partial charge >= 0.3 is 5.97 Å². The van der Waals surface area contributed by atoms with Crippen molar-refractivity contribution in [1.29, 1.82) is 0 Å². The maximum Gasteiger partial charge on any atom is 0.323 e. The number of alkyl halides is 2. The smallest absolute Gasteiger partial charge is 0.323 e. The highest BCUT2D eigenvalue weighted by Crippen LogP contribution is 2.23. The van der Waals surface area contributed by atoms with Crippen molar-refractivity contribution in [2.75, 3.05) is 20.2 Å². The fourth-order valence-electron chi connectivity index (χ4n) is 1.79. The van der Waals surface area contributed by atoms with Gasteiger partial charge in [-0.1, -0.05) is 6.58 Å². The molecule has 5 heteroatoms. The second-order valence-electron chi connectivity index (χ2n) is 4.08. The lowest BCUT2D eigenvalue weighted by atomic mass is 10.2. The number of halogens is 2. The number of ether oxygens (including phenoxy) is 1. The maximum absolute atomic E-state index is 13.3. The lowest BCUT2D eigenvalue weighted by molar-refractivity contribution is -0.145. The topological polar surface area (TPSA) is 29.5 Å². The summed E-state index contributed by atoms with van der Waals surface area (Å²) in [5.74, 6) is -0.393. The van der Waals surface area contributed by atoms with Crippen LogP contribution in [0.15, 0.2) is 12.2 Å². The molecule has 1 aliphatic heterocycles. The van der Waals surface area contributed by atoms with E-state index in [0.29, 0.717) is 6.54 Å². The second kappa shape index (κ2) is 5.64. The Labute approximate surface area is 100 Å². The minimum Gasteiger partial charge on any atom is -0.468 e. The molecule has 1 heterocycles. The summed E-state index contributed by atoms with van der Waals surface area (Å²) in [4.78, 5) is 13.2. The molecule has 16 heavy (non-hydrogen) atoms. The molecular weight excluding hydrogens is 233 g/mol. The van der Waals surface area contributed by atoms with Crippen LogP contribution in [0.5, 0.6) is 0 Å². The summed E-state index contributed by atoms with van der Waals surface area (Å²) >= 11 is 5.87. The van der Waals surface area contributed by atoms with Crippen molar-refractivity contribution >= 4 is 17.6 Å². The zero-order chi connectivity index (χ0) is 12.3. The Morgan fingerprint density at radius 2 is 2.38 bits per heavy atom. The first-order chi connectivity index (χ1) is 7.45. The van der Waals surface area contributed by atoms with Crippen LogP contribution in [0.1, 0.15) is 13.3 Å². The number of carbonyl (C=O) groups is 1. The lowest BCUT2D eigenvalue weighted by Gasteiger charge is -2.23. The summed E-state index contributed by atoms with van der Waals surface area (Å²) in [5.41, 5.74) is 0.782. The van der Waals surface area contributed by atoms with Crippen molar-refractivity contribution in [2.45, 2.75) is 30.9 Å². The van der Waals surface area contributed by atoms with Gasteiger partial charge in [-0.2, -0.15) is 0 Å². The number of hydrogen-bond donors (Lipinski definition) is 0. The number of methoxy groups -OCH3 is 1. The van der Waals surface area contributed by atoms with Crippen molar-refractivity contribution in [3.8, 4) is 0 Å². The zero-order valence-electron chi connectivity index (χ0n) is 9.58. The van der Waals surface area contributed by atoms with E-state index in [4.69, 9.17) is 11.6 Å². The first kappa shape index (κ1) is 13.5. The standard InChI is InChI=1S/C11H17ClFNO2/c1-7(8(2)12)5-14-6-9(13)4-10(14)11(15)16-3/h8-10H,1,4-6H2,2-3H3. The third kappa shape index (κ3) is 3.19. The Morgan fingerprint density at radius 3 is 2.88 bits per heavy atom. The van der Waals surface area contributed by atoms with E-state index in [1.807, 2.05) is 0 Å². The minimum absolute atomic E-state index is 0.183. The predicted octanol–water partition coefficient (Wildman–Crippen LogP) is 1.76. The molecule has 3 unspecified atom stereocenters. The van der Waals surface area contributed by atoms with Crippen LogP contribution in [0, 0.1) is 0 Å². The quantitative estimate of drug-likeness (QED) is 0.432. The molecule has 0 aromatic rings. The Morgan fingerprint density at radius 1 is 1.75 bits per heavy atom. The SMILES string of the molecule is C=C(CN1CC(F)CC1C(=O)OC)C(C)Cl. The van der Waals surface area contributed by atoms with E-state index in [9.17, 15) is 9.18 Å². The molecule has 0 aliphatic carbocycles. The lowest BCUT2D eigenvalue weighted by Crippen LogP contribution is -2.38. The van der Waals surface area contributed by atoms with Crippen molar-refractivity contribution in [3.63, 3.8) is 0 Å². The molecular formula is C11H17ClFNO2. The molecule has 0 amide bonds. The third-order valence-corrected chi connectivity index (χ3v) is 3.10. The van der Waals surface area contributed by atoms with E-state index >= 15 is 0 Å². The van der Waals surface area contributed by atoms with Crippen LogP contribution in [0.3, 0.4) is 0 Å². The molecule has 1 saturated heterocycles. The Balaban J connectivity index is 2.63. The highest BCUT2D eigenvalue weighted by Gasteiger charge is 2.37. The number of carbonyl (C=O) groups excluding carboxylic acids is 1. The van der Waals surface area contributed by atoms with E-state index in [-0.39, 0.29) is 18.3 Å². The van der Waals surface area contributed by atoms with Crippen LogP contribution in [0.4, 0.5) is 4.39 Å². The van der Waals surface area contributed by atoms with Crippen molar-refractivity contribution < 1.29 is 13.9 Å². The molecule has 0 bridgehead atoms. The number of hydrogen-bond acceptors (Lipinski definition) is 3. The summed E-state index contributed by atoms with van der Waals surface area (Å²) in [6, 6.07) is -0.507. The van der Waals surface area contributed by atoms with Crippen LogP contribution in [0.25, 0.3) is 0 Å². The monoisotopic (exact) mass is 249 g/mol. The molecule has 0 saturated carbocycles. The van der Waals surface area contributed by atoms with Crippen LogP contribution < -0.4 is 0 Å². The molecule has 1 aliphatic rings. The number of esters is 1. The molecule has 3 nitrogen and oxygen atoms in total. The first-order valence-electron chi connectivity index (χ1n) is 5.23. The summed E-state index contributed by atoms with van der Waals surface area (Å²) in [6.07, 6.45) is -0.793. The Hall–Kier alpha value is -0.610. The van der Waals surface area contributed by atoms with Gasteiger partial charge in [0.1, 0.15) is 12.2 Å².